The summed E-state index contributed by atoms with van der Waals surface area (Å²) in [4.78, 5) is 28.6. The van der Waals surface area contributed by atoms with Gasteiger partial charge in [0.25, 0.3) is 0 Å². The topological polar surface area (TPSA) is 148 Å². The zero-order chi connectivity index (χ0) is 34.4. The first-order chi connectivity index (χ1) is 22.2. The van der Waals surface area contributed by atoms with Gasteiger partial charge in [-0.1, -0.05) is 141 Å². The second-order valence-corrected chi connectivity index (χ2v) is 13.0. The molecule has 0 bridgehead atoms. The number of unbranched alkanes of at least 4 members (excludes halogenated alkanes) is 22. The summed E-state index contributed by atoms with van der Waals surface area (Å²) in [5, 5.41) is 0. The van der Waals surface area contributed by atoms with Crippen molar-refractivity contribution in [1.29, 1.82) is 0 Å². The molecule has 0 aromatic heterocycles. The number of hydrogen-bond donors (Lipinski definition) is 2. The molecule has 272 valence electrons. The van der Waals surface area contributed by atoms with Crippen LogP contribution in [-0.4, -0.2) is 29.3 Å². The molecule has 0 fully saturated rings. The Kier molecular flexibility index (Phi) is 51.9. The molecule has 0 atom stereocenters. The molecular weight excluding hydrogens is 650 g/mol. The summed E-state index contributed by atoms with van der Waals surface area (Å²) in [5.74, 6) is -0.354. The molecule has 0 rings (SSSR count). The third-order valence-electron chi connectivity index (χ3n) is 7.66. The SMILES string of the molecule is CCCCCCCC/C=C\CCCCCCCC(=O)NONC(=O)CCCCCCC/C=C\CCCCCCCC.O=S(=O)([O-])[O-].[Na+].[Na+]. The normalized spacial score (nSPS) is 11.1. The molecule has 0 saturated carbocycles. The van der Waals surface area contributed by atoms with Gasteiger partial charge in [-0.2, -0.15) is 4.94 Å². The molecule has 48 heavy (non-hydrogen) atoms. The molecular formula is C36H68N2Na2O7S. The Balaban J connectivity index is -0.00000128. The smallest absolute Gasteiger partial charge is 0.759 e. The third kappa shape index (κ3) is 58.5. The number of carbonyl (C=O) groups is 2. The van der Waals surface area contributed by atoms with Crippen molar-refractivity contribution >= 4 is 22.2 Å². The van der Waals surface area contributed by atoms with Crippen LogP contribution in [0.5, 0.6) is 0 Å². The predicted molar refractivity (Wildman–Crippen MR) is 187 cm³/mol. The number of hydroxylamine groups is 2. The van der Waals surface area contributed by atoms with E-state index in [2.05, 4.69) is 49.1 Å². The number of hydrogen-bond acceptors (Lipinski definition) is 7. The molecule has 9 nitrogen and oxygen atoms in total. The van der Waals surface area contributed by atoms with Crippen molar-refractivity contribution in [2.45, 2.75) is 194 Å². The van der Waals surface area contributed by atoms with E-state index in [4.69, 9.17) is 22.5 Å². The van der Waals surface area contributed by atoms with Crippen LogP contribution in [0.2, 0.25) is 0 Å². The second kappa shape index (κ2) is 45.3. The molecule has 0 aromatic carbocycles. The van der Waals surface area contributed by atoms with Crippen molar-refractivity contribution in [3.05, 3.63) is 24.3 Å². The largest absolute Gasteiger partial charge is 1.00 e. The van der Waals surface area contributed by atoms with Crippen LogP contribution in [-0.2, 0) is 24.9 Å². The summed E-state index contributed by atoms with van der Waals surface area (Å²) in [6.45, 7) is 4.53. The van der Waals surface area contributed by atoms with E-state index in [0.29, 0.717) is 12.8 Å². The average molecular weight is 719 g/mol. The Hall–Kier alpha value is 0.250. The van der Waals surface area contributed by atoms with Gasteiger partial charge < -0.3 is 9.11 Å². The van der Waals surface area contributed by atoms with Crippen molar-refractivity contribution in [1.82, 2.24) is 11.0 Å². The molecule has 0 unspecified atom stereocenters. The molecule has 0 radical (unpaired) electrons. The van der Waals surface area contributed by atoms with Crippen LogP contribution in [0.25, 0.3) is 0 Å². The standard InChI is InChI=1S/C36H68N2O3.2Na.H2O4S/c1-3-5-7-9-11-13-15-17-19-21-23-25-27-29-31-33-35(39)37-41-38-36(40)34-32-30-28-26-24-22-20-18-16-14-12-10-8-6-4-2;;;1-5(2,3)4/h17-20H,3-16,21-34H2,1-2H3,(H,37,39)(H,38,40);;;(H2,1,2,3,4)/q;2*+1;/p-2/b19-17-,20-18-;;;. The maximum Gasteiger partial charge on any atom is 1.00 e. The van der Waals surface area contributed by atoms with E-state index in [1.165, 1.54) is 128 Å². The van der Waals surface area contributed by atoms with Gasteiger partial charge in [-0.15, -0.1) is 0 Å². The summed E-state index contributed by atoms with van der Waals surface area (Å²) < 4.78 is 34.1. The van der Waals surface area contributed by atoms with Crippen LogP contribution >= 0.6 is 0 Å². The van der Waals surface area contributed by atoms with E-state index < -0.39 is 10.4 Å². The summed E-state index contributed by atoms with van der Waals surface area (Å²) >= 11 is 0. The van der Waals surface area contributed by atoms with Crippen molar-refractivity contribution in [3.8, 4) is 0 Å². The molecule has 0 aliphatic rings. The quantitative estimate of drug-likeness (QED) is 0.0269. The van der Waals surface area contributed by atoms with Gasteiger partial charge in [-0.3, -0.25) is 18.0 Å². The van der Waals surface area contributed by atoms with Crippen LogP contribution < -0.4 is 70.1 Å². The Bertz CT molecular complexity index is 784. The minimum absolute atomic E-state index is 0. The Labute approximate surface area is 339 Å². The van der Waals surface area contributed by atoms with Gasteiger partial charge in [0, 0.05) is 23.2 Å². The van der Waals surface area contributed by atoms with Gasteiger partial charge in [-0.25, -0.2) is 11.0 Å². The molecule has 0 spiro atoms. The number of allylic oxidation sites excluding steroid dienone is 4. The van der Waals surface area contributed by atoms with Gasteiger partial charge in [0.2, 0.25) is 11.8 Å². The van der Waals surface area contributed by atoms with Gasteiger partial charge in [-0.05, 0) is 64.2 Å². The number of nitrogens with one attached hydrogen (secondary N) is 2. The average Bonchev–Trinajstić information content (AvgIpc) is 3.00. The van der Waals surface area contributed by atoms with Gasteiger partial charge in [0.1, 0.15) is 0 Å². The molecule has 0 saturated heterocycles. The maximum atomic E-state index is 11.9. The van der Waals surface area contributed by atoms with Crippen molar-refractivity contribution in [3.63, 3.8) is 0 Å². The molecule has 0 aliphatic heterocycles. The predicted octanol–water partition coefficient (Wildman–Crippen LogP) is 3.81. The summed E-state index contributed by atoms with van der Waals surface area (Å²) in [7, 11) is -5.17. The fourth-order valence-corrected chi connectivity index (χ4v) is 4.95. The maximum absolute atomic E-state index is 11.9. The second-order valence-electron chi connectivity index (χ2n) is 12.2. The molecule has 0 aliphatic carbocycles. The van der Waals surface area contributed by atoms with Crippen LogP contribution in [0, 0.1) is 0 Å². The van der Waals surface area contributed by atoms with E-state index in [9.17, 15) is 9.59 Å². The number of rotatable bonds is 32. The Morgan fingerprint density at radius 1 is 0.479 bits per heavy atom. The van der Waals surface area contributed by atoms with E-state index in [1.54, 1.807) is 0 Å². The third-order valence-corrected chi connectivity index (χ3v) is 7.66. The fraction of sp³-hybridized carbons (Fsp3) is 0.833. The molecule has 2 N–H and O–H groups in total. The summed E-state index contributed by atoms with van der Waals surface area (Å²) in [6.07, 6.45) is 42.4. The first-order valence-corrected chi connectivity index (χ1v) is 19.7. The van der Waals surface area contributed by atoms with E-state index in [-0.39, 0.29) is 70.9 Å². The van der Waals surface area contributed by atoms with Gasteiger partial charge in [0.05, 0.1) is 0 Å². The molecule has 12 heteroatoms. The van der Waals surface area contributed by atoms with Crippen molar-refractivity contribution in [2.75, 3.05) is 0 Å². The molecule has 2 amide bonds. The van der Waals surface area contributed by atoms with Crippen molar-refractivity contribution < 1.29 is 91.2 Å². The van der Waals surface area contributed by atoms with E-state index in [1.807, 2.05) is 0 Å². The Morgan fingerprint density at radius 2 is 0.708 bits per heavy atom. The first kappa shape index (κ1) is 55.0. The van der Waals surface area contributed by atoms with Crippen molar-refractivity contribution in [2.24, 2.45) is 0 Å². The fourth-order valence-electron chi connectivity index (χ4n) is 4.95. The van der Waals surface area contributed by atoms with Gasteiger partial charge >= 0.3 is 59.1 Å². The van der Waals surface area contributed by atoms with E-state index >= 15 is 0 Å². The zero-order valence-electron chi connectivity index (χ0n) is 31.4. The summed E-state index contributed by atoms with van der Waals surface area (Å²) in [6, 6.07) is 0. The molecule has 0 aromatic rings. The Morgan fingerprint density at radius 3 is 0.979 bits per heavy atom. The minimum Gasteiger partial charge on any atom is -0.759 e. The monoisotopic (exact) mass is 718 g/mol. The number of amides is 2. The minimum atomic E-state index is -5.17. The van der Waals surface area contributed by atoms with Crippen LogP contribution in [0.4, 0.5) is 0 Å². The molecule has 0 heterocycles. The van der Waals surface area contributed by atoms with E-state index in [0.717, 1.165) is 38.5 Å². The van der Waals surface area contributed by atoms with Crippen LogP contribution in [0.15, 0.2) is 24.3 Å². The van der Waals surface area contributed by atoms with Crippen LogP contribution in [0.1, 0.15) is 194 Å². The summed E-state index contributed by atoms with van der Waals surface area (Å²) in [5.41, 5.74) is 4.66. The zero-order valence-corrected chi connectivity index (χ0v) is 36.2. The number of carbonyl (C=O) groups excluding carboxylic acids is 2. The van der Waals surface area contributed by atoms with Crippen LogP contribution in [0.3, 0.4) is 0 Å². The first-order valence-electron chi connectivity index (χ1n) is 18.4. The van der Waals surface area contributed by atoms with Gasteiger partial charge in [0.15, 0.2) is 0 Å².